The Morgan fingerprint density at radius 1 is 1.28 bits per heavy atom. The van der Waals surface area contributed by atoms with Crippen molar-refractivity contribution in [3.8, 4) is 11.5 Å². The predicted octanol–water partition coefficient (Wildman–Crippen LogP) is 1.49. The van der Waals surface area contributed by atoms with E-state index in [1.54, 1.807) is 0 Å². The number of rotatable bonds is 4. The van der Waals surface area contributed by atoms with Gasteiger partial charge in [0.2, 0.25) is 0 Å². The lowest BCUT2D eigenvalue weighted by Crippen LogP contribution is -2.30. The second-order valence-corrected chi connectivity index (χ2v) is 5.04. The van der Waals surface area contributed by atoms with Crippen molar-refractivity contribution in [2.75, 3.05) is 19.8 Å². The van der Waals surface area contributed by atoms with Gasteiger partial charge < -0.3 is 20.3 Å². The van der Waals surface area contributed by atoms with Crippen LogP contribution in [-0.2, 0) is 6.42 Å². The number of fused-ring (bicyclic) bond motifs is 1. The lowest BCUT2D eigenvalue weighted by atomic mass is 9.93. The molecule has 1 heterocycles. The molecule has 2 rings (SSSR count). The molecule has 18 heavy (non-hydrogen) atoms. The van der Waals surface area contributed by atoms with E-state index >= 15 is 0 Å². The summed E-state index contributed by atoms with van der Waals surface area (Å²) in [5, 5.41) is 10.2. The summed E-state index contributed by atoms with van der Waals surface area (Å²) in [6.07, 6.45) is 2.05. The second kappa shape index (κ2) is 5.59. The number of nitrogens with two attached hydrogens (primary N) is 1. The number of hydrogen-bond acceptors (Lipinski definition) is 4. The van der Waals surface area contributed by atoms with Gasteiger partial charge in [0.05, 0.1) is 18.8 Å². The summed E-state index contributed by atoms with van der Waals surface area (Å²) in [6.45, 7) is 3.66. The van der Waals surface area contributed by atoms with Gasteiger partial charge in [0.25, 0.3) is 0 Å². The van der Waals surface area contributed by atoms with E-state index in [9.17, 15) is 5.11 Å². The largest absolute Gasteiger partial charge is 0.490 e. The van der Waals surface area contributed by atoms with Crippen molar-refractivity contribution in [2.24, 2.45) is 5.73 Å². The standard InChI is InChI=1S/C14H21NO3/c1-14(16,5-6-15)10-11-3-4-12-13(9-11)18-8-2-7-17-12/h3-4,9,16H,2,5-8,10,15H2,1H3. The normalized spacial score (nSPS) is 17.9. The van der Waals surface area contributed by atoms with Gasteiger partial charge in [-0.25, -0.2) is 0 Å². The van der Waals surface area contributed by atoms with Gasteiger partial charge in [-0.2, -0.15) is 0 Å². The van der Waals surface area contributed by atoms with Crippen molar-refractivity contribution in [3.05, 3.63) is 23.8 Å². The predicted molar refractivity (Wildman–Crippen MR) is 70.0 cm³/mol. The molecule has 1 aliphatic heterocycles. The molecule has 0 saturated carbocycles. The highest BCUT2D eigenvalue weighted by Gasteiger charge is 2.21. The summed E-state index contributed by atoms with van der Waals surface area (Å²) >= 11 is 0. The Balaban J connectivity index is 2.13. The molecular weight excluding hydrogens is 230 g/mol. The molecule has 0 spiro atoms. The first kappa shape index (κ1) is 13.2. The van der Waals surface area contributed by atoms with E-state index in [1.807, 2.05) is 25.1 Å². The summed E-state index contributed by atoms with van der Waals surface area (Å²) in [5.74, 6) is 1.56. The maximum absolute atomic E-state index is 10.2. The molecule has 0 bridgehead atoms. The summed E-state index contributed by atoms with van der Waals surface area (Å²) in [5.41, 5.74) is 5.77. The zero-order valence-electron chi connectivity index (χ0n) is 10.8. The van der Waals surface area contributed by atoms with Gasteiger partial charge in [-0.05, 0) is 37.6 Å². The Hall–Kier alpha value is -1.26. The van der Waals surface area contributed by atoms with Gasteiger partial charge in [-0.15, -0.1) is 0 Å². The molecule has 0 aromatic heterocycles. The highest BCUT2D eigenvalue weighted by atomic mass is 16.5. The SMILES string of the molecule is CC(O)(CCN)Cc1ccc2c(c1)OCCCO2. The molecule has 1 atom stereocenters. The van der Waals surface area contributed by atoms with Gasteiger partial charge in [0.15, 0.2) is 11.5 Å². The minimum atomic E-state index is -0.769. The minimum Gasteiger partial charge on any atom is -0.490 e. The second-order valence-electron chi connectivity index (χ2n) is 5.04. The number of ether oxygens (including phenoxy) is 2. The minimum absolute atomic E-state index is 0.484. The summed E-state index contributed by atoms with van der Waals surface area (Å²) < 4.78 is 11.2. The fourth-order valence-corrected chi connectivity index (χ4v) is 2.16. The van der Waals surface area contributed by atoms with Crippen LogP contribution in [0.2, 0.25) is 0 Å². The molecule has 0 radical (unpaired) electrons. The van der Waals surface area contributed by atoms with Gasteiger partial charge in [0.1, 0.15) is 0 Å². The zero-order valence-corrected chi connectivity index (χ0v) is 10.8. The molecular formula is C14H21NO3. The molecule has 1 aliphatic rings. The molecule has 0 fully saturated rings. The van der Waals surface area contributed by atoms with Crippen LogP contribution in [0.4, 0.5) is 0 Å². The summed E-state index contributed by atoms with van der Waals surface area (Å²) in [7, 11) is 0. The highest BCUT2D eigenvalue weighted by molar-refractivity contribution is 5.43. The van der Waals surface area contributed by atoms with Crippen molar-refractivity contribution in [3.63, 3.8) is 0 Å². The van der Waals surface area contributed by atoms with Crippen molar-refractivity contribution in [1.82, 2.24) is 0 Å². The van der Waals surface area contributed by atoms with Gasteiger partial charge in [0, 0.05) is 12.8 Å². The van der Waals surface area contributed by atoms with Gasteiger partial charge >= 0.3 is 0 Å². The molecule has 100 valence electrons. The maximum Gasteiger partial charge on any atom is 0.161 e. The van der Waals surface area contributed by atoms with Crippen LogP contribution < -0.4 is 15.2 Å². The molecule has 3 N–H and O–H groups in total. The smallest absolute Gasteiger partial charge is 0.161 e. The molecule has 1 unspecified atom stereocenters. The summed E-state index contributed by atoms with van der Waals surface area (Å²) in [4.78, 5) is 0. The lowest BCUT2D eigenvalue weighted by Gasteiger charge is -2.23. The van der Waals surface area contributed by atoms with Crippen LogP contribution >= 0.6 is 0 Å². The zero-order chi connectivity index (χ0) is 13.0. The van der Waals surface area contributed by atoms with Crippen LogP contribution in [0.1, 0.15) is 25.3 Å². The number of benzene rings is 1. The van der Waals surface area contributed by atoms with E-state index in [0.29, 0.717) is 32.6 Å². The first-order chi connectivity index (χ1) is 8.61. The van der Waals surface area contributed by atoms with Crippen LogP contribution in [0, 0.1) is 0 Å². The Bertz CT molecular complexity index is 404. The number of hydrogen-bond donors (Lipinski definition) is 2. The van der Waals surface area contributed by atoms with E-state index in [1.165, 1.54) is 0 Å². The molecule has 0 saturated heterocycles. The Morgan fingerprint density at radius 2 is 2.00 bits per heavy atom. The van der Waals surface area contributed by atoms with Crippen LogP contribution in [0.15, 0.2) is 18.2 Å². The van der Waals surface area contributed by atoms with Crippen LogP contribution in [0.3, 0.4) is 0 Å². The van der Waals surface area contributed by atoms with Crippen LogP contribution in [0.25, 0.3) is 0 Å². The third-order valence-corrected chi connectivity index (χ3v) is 3.08. The Kier molecular flexibility index (Phi) is 4.09. The molecule has 0 amide bonds. The topological polar surface area (TPSA) is 64.7 Å². The van der Waals surface area contributed by atoms with E-state index in [0.717, 1.165) is 23.5 Å². The van der Waals surface area contributed by atoms with Crippen LogP contribution in [0.5, 0.6) is 11.5 Å². The fraction of sp³-hybridized carbons (Fsp3) is 0.571. The quantitative estimate of drug-likeness (QED) is 0.851. The highest BCUT2D eigenvalue weighted by Crippen LogP contribution is 2.31. The van der Waals surface area contributed by atoms with Crippen molar-refractivity contribution in [1.29, 1.82) is 0 Å². The Labute approximate surface area is 108 Å². The van der Waals surface area contributed by atoms with Crippen LogP contribution in [-0.4, -0.2) is 30.5 Å². The third-order valence-electron chi connectivity index (χ3n) is 3.08. The molecule has 1 aromatic carbocycles. The van der Waals surface area contributed by atoms with Crippen molar-refractivity contribution >= 4 is 0 Å². The van der Waals surface area contributed by atoms with E-state index < -0.39 is 5.60 Å². The summed E-state index contributed by atoms with van der Waals surface area (Å²) in [6, 6.07) is 5.83. The number of aliphatic hydroxyl groups is 1. The molecule has 0 aliphatic carbocycles. The maximum atomic E-state index is 10.2. The van der Waals surface area contributed by atoms with Gasteiger partial charge in [-0.1, -0.05) is 6.07 Å². The Morgan fingerprint density at radius 3 is 2.72 bits per heavy atom. The fourth-order valence-electron chi connectivity index (χ4n) is 2.16. The van der Waals surface area contributed by atoms with E-state index in [-0.39, 0.29) is 0 Å². The van der Waals surface area contributed by atoms with E-state index in [4.69, 9.17) is 15.2 Å². The average Bonchev–Trinajstić information content (AvgIpc) is 2.52. The third kappa shape index (κ3) is 3.37. The lowest BCUT2D eigenvalue weighted by molar-refractivity contribution is 0.0538. The first-order valence-electron chi connectivity index (χ1n) is 6.42. The van der Waals surface area contributed by atoms with Gasteiger partial charge in [-0.3, -0.25) is 0 Å². The van der Waals surface area contributed by atoms with E-state index in [2.05, 4.69) is 0 Å². The molecule has 4 nitrogen and oxygen atoms in total. The monoisotopic (exact) mass is 251 g/mol. The van der Waals surface area contributed by atoms with Crippen molar-refractivity contribution in [2.45, 2.75) is 31.8 Å². The molecule has 1 aromatic rings. The van der Waals surface area contributed by atoms with Crippen molar-refractivity contribution < 1.29 is 14.6 Å². The first-order valence-corrected chi connectivity index (χ1v) is 6.42. The molecule has 4 heteroatoms. The average molecular weight is 251 g/mol.